The summed E-state index contributed by atoms with van der Waals surface area (Å²) in [5, 5.41) is 4.08. The molecule has 0 bridgehead atoms. The zero-order valence-electron chi connectivity index (χ0n) is 10.9. The zero-order valence-corrected chi connectivity index (χ0v) is 10.9. The Morgan fingerprint density at radius 1 is 0.833 bits per heavy atom. The summed E-state index contributed by atoms with van der Waals surface area (Å²) >= 11 is 0. The van der Waals surface area contributed by atoms with Crippen LogP contribution >= 0.6 is 0 Å². The van der Waals surface area contributed by atoms with E-state index in [4.69, 9.17) is 0 Å². The van der Waals surface area contributed by atoms with Crippen LogP contribution < -0.4 is 5.01 Å². The molecule has 0 atom stereocenters. The monoisotopic (exact) mass is 240 g/mol. The summed E-state index contributed by atoms with van der Waals surface area (Å²) in [5.41, 5.74) is 4.65. The molecule has 2 aromatic rings. The van der Waals surface area contributed by atoms with E-state index in [0.717, 1.165) is 0 Å². The van der Waals surface area contributed by atoms with Gasteiger partial charge in [-0.05, 0) is 50.2 Å². The molecule has 0 radical (unpaired) electrons. The second-order valence-electron chi connectivity index (χ2n) is 5.62. The van der Waals surface area contributed by atoms with Gasteiger partial charge in [0.05, 0.1) is 5.52 Å². The molecule has 2 heterocycles. The third-order valence-corrected chi connectivity index (χ3v) is 4.52. The van der Waals surface area contributed by atoms with Gasteiger partial charge < -0.3 is 5.01 Å². The predicted molar refractivity (Wildman–Crippen MR) is 75.8 cm³/mol. The SMILES string of the molecule is c1ccc2c(c1)c1c(n2N2CCCCC2)CCC1. The van der Waals surface area contributed by atoms with Crippen molar-refractivity contribution in [3.8, 4) is 0 Å². The zero-order chi connectivity index (χ0) is 11.9. The Morgan fingerprint density at radius 3 is 2.56 bits per heavy atom. The van der Waals surface area contributed by atoms with Crippen LogP contribution in [-0.2, 0) is 12.8 Å². The third kappa shape index (κ3) is 1.41. The van der Waals surface area contributed by atoms with E-state index >= 15 is 0 Å². The van der Waals surface area contributed by atoms with Crippen LogP contribution in [0, 0.1) is 0 Å². The molecule has 1 aliphatic carbocycles. The molecular formula is C16H20N2. The first-order valence-electron chi connectivity index (χ1n) is 7.31. The molecule has 1 aromatic heterocycles. The lowest BCUT2D eigenvalue weighted by atomic mass is 10.1. The van der Waals surface area contributed by atoms with Crippen LogP contribution in [0.1, 0.15) is 36.9 Å². The molecule has 94 valence electrons. The highest BCUT2D eigenvalue weighted by atomic mass is 15.5. The van der Waals surface area contributed by atoms with Crippen molar-refractivity contribution in [3.63, 3.8) is 0 Å². The molecule has 4 rings (SSSR count). The Morgan fingerprint density at radius 2 is 1.67 bits per heavy atom. The van der Waals surface area contributed by atoms with Crippen molar-refractivity contribution in [2.75, 3.05) is 18.1 Å². The van der Waals surface area contributed by atoms with Crippen molar-refractivity contribution in [1.29, 1.82) is 0 Å². The number of nitrogens with zero attached hydrogens (tertiary/aromatic N) is 2. The second kappa shape index (κ2) is 4.04. The van der Waals surface area contributed by atoms with Crippen molar-refractivity contribution in [1.82, 2.24) is 4.68 Å². The molecule has 1 saturated heterocycles. The van der Waals surface area contributed by atoms with Crippen LogP contribution in [-0.4, -0.2) is 17.8 Å². The van der Waals surface area contributed by atoms with E-state index in [1.165, 1.54) is 62.5 Å². The van der Waals surface area contributed by atoms with Gasteiger partial charge in [0.2, 0.25) is 0 Å². The first kappa shape index (κ1) is 10.5. The van der Waals surface area contributed by atoms with E-state index in [9.17, 15) is 0 Å². The minimum atomic E-state index is 1.23. The standard InChI is InChI=1S/C16H20N2/c1-4-11-17(12-5-1)18-15-9-3-2-7-13(15)14-8-6-10-16(14)18/h2-3,7,9H,1,4-6,8,10-12H2. The largest absolute Gasteiger partial charge is 0.313 e. The molecule has 0 amide bonds. The van der Waals surface area contributed by atoms with Crippen LogP contribution in [0.15, 0.2) is 24.3 Å². The van der Waals surface area contributed by atoms with Gasteiger partial charge in [-0.15, -0.1) is 0 Å². The van der Waals surface area contributed by atoms with Gasteiger partial charge in [0, 0.05) is 24.2 Å². The summed E-state index contributed by atoms with van der Waals surface area (Å²) in [6.07, 6.45) is 7.97. The van der Waals surface area contributed by atoms with Crippen molar-refractivity contribution < 1.29 is 0 Å². The maximum absolute atomic E-state index is 2.58. The lowest BCUT2D eigenvalue weighted by Gasteiger charge is -2.32. The van der Waals surface area contributed by atoms with Crippen LogP contribution in [0.5, 0.6) is 0 Å². The molecule has 0 spiro atoms. The second-order valence-corrected chi connectivity index (χ2v) is 5.62. The van der Waals surface area contributed by atoms with Crippen LogP contribution in [0.3, 0.4) is 0 Å². The molecule has 2 heteroatoms. The Bertz CT molecular complexity index is 576. The smallest absolute Gasteiger partial charge is 0.0700 e. The summed E-state index contributed by atoms with van der Waals surface area (Å²) in [4.78, 5) is 0. The average molecular weight is 240 g/mol. The van der Waals surface area contributed by atoms with E-state index in [1.54, 1.807) is 11.3 Å². The number of fused-ring (bicyclic) bond motifs is 3. The first-order chi connectivity index (χ1) is 8.95. The van der Waals surface area contributed by atoms with Crippen molar-refractivity contribution in [2.24, 2.45) is 0 Å². The summed E-state index contributed by atoms with van der Waals surface area (Å²) in [6, 6.07) is 8.96. The van der Waals surface area contributed by atoms with Gasteiger partial charge in [0.25, 0.3) is 0 Å². The van der Waals surface area contributed by atoms with E-state index in [1.807, 2.05) is 0 Å². The maximum Gasteiger partial charge on any atom is 0.0700 e. The van der Waals surface area contributed by atoms with Crippen LogP contribution in [0.4, 0.5) is 0 Å². The van der Waals surface area contributed by atoms with E-state index in [0.29, 0.717) is 0 Å². The highest BCUT2D eigenvalue weighted by Crippen LogP contribution is 2.33. The maximum atomic E-state index is 2.58. The van der Waals surface area contributed by atoms with Gasteiger partial charge in [0.15, 0.2) is 0 Å². The lowest BCUT2D eigenvalue weighted by Crippen LogP contribution is -2.39. The summed E-state index contributed by atoms with van der Waals surface area (Å²) < 4.78 is 2.55. The average Bonchev–Trinajstić information content (AvgIpc) is 2.99. The Hall–Kier alpha value is -1.44. The number of rotatable bonds is 1. The van der Waals surface area contributed by atoms with E-state index in [-0.39, 0.29) is 0 Å². The molecule has 2 aliphatic rings. The highest BCUT2D eigenvalue weighted by molar-refractivity contribution is 5.86. The minimum absolute atomic E-state index is 1.23. The number of piperidine rings is 1. The number of hydrogen-bond donors (Lipinski definition) is 0. The lowest BCUT2D eigenvalue weighted by molar-refractivity contribution is 0.479. The predicted octanol–water partition coefficient (Wildman–Crippen LogP) is 3.25. The molecule has 0 N–H and O–H groups in total. The van der Waals surface area contributed by atoms with Crippen LogP contribution in [0.2, 0.25) is 0 Å². The topological polar surface area (TPSA) is 8.17 Å². The number of para-hydroxylation sites is 1. The molecule has 1 aromatic carbocycles. The Labute approximate surface area is 108 Å². The first-order valence-corrected chi connectivity index (χ1v) is 7.31. The van der Waals surface area contributed by atoms with Gasteiger partial charge in [0.1, 0.15) is 0 Å². The Balaban J connectivity index is 1.92. The third-order valence-electron chi connectivity index (χ3n) is 4.52. The fourth-order valence-electron chi connectivity index (χ4n) is 3.71. The summed E-state index contributed by atoms with van der Waals surface area (Å²) in [7, 11) is 0. The molecule has 2 nitrogen and oxygen atoms in total. The quantitative estimate of drug-likeness (QED) is 0.743. The van der Waals surface area contributed by atoms with Crippen molar-refractivity contribution in [2.45, 2.75) is 38.5 Å². The van der Waals surface area contributed by atoms with Crippen LogP contribution in [0.25, 0.3) is 10.9 Å². The molecular weight excluding hydrogens is 220 g/mol. The molecule has 0 unspecified atom stereocenters. The number of hydrogen-bond acceptors (Lipinski definition) is 1. The minimum Gasteiger partial charge on any atom is -0.313 e. The number of benzene rings is 1. The van der Waals surface area contributed by atoms with Crippen molar-refractivity contribution >= 4 is 10.9 Å². The summed E-state index contributed by atoms with van der Waals surface area (Å²) in [5.74, 6) is 0. The van der Waals surface area contributed by atoms with Gasteiger partial charge in [-0.1, -0.05) is 18.2 Å². The van der Waals surface area contributed by atoms with Crippen molar-refractivity contribution in [3.05, 3.63) is 35.5 Å². The molecule has 1 fully saturated rings. The highest BCUT2D eigenvalue weighted by Gasteiger charge is 2.24. The molecule has 0 saturated carbocycles. The number of aryl methyl sites for hydroxylation is 1. The van der Waals surface area contributed by atoms with Gasteiger partial charge in [-0.25, -0.2) is 0 Å². The fraction of sp³-hybridized carbons (Fsp3) is 0.500. The van der Waals surface area contributed by atoms with E-state index < -0.39 is 0 Å². The number of aromatic nitrogens is 1. The van der Waals surface area contributed by atoms with E-state index in [2.05, 4.69) is 34.0 Å². The van der Waals surface area contributed by atoms with Gasteiger partial charge >= 0.3 is 0 Å². The fourth-order valence-corrected chi connectivity index (χ4v) is 3.71. The normalized spacial score (nSPS) is 19.4. The Kier molecular flexibility index (Phi) is 2.35. The summed E-state index contributed by atoms with van der Waals surface area (Å²) in [6.45, 7) is 2.45. The van der Waals surface area contributed by atoms with Gasteiger partial charge in [-0.3, -0.25) is 4.68 Å². The van der Waals surface area contributed by atoms with Gasteiger partial charge in [-0.2, -0.15) is 0 Å². The molecule has 18 heavy (non-hydrogen) atoms. The molecule has 1 aliphatic heterocycles.